The number of aryl methyl sites for hydroxylation is 1. The average Bonchev–Trinajstić information content (AvgIpc) is 3.12. The average molecular weight is 403 g/mol. The molecule has 0 saturated carbocycles. The zero-order chi connectivity index (χ0) is 20.4. The Morgan fingerprint density at radius 1 is 1.00 bits per heavy atom. The van der Waals surface area contributed by atoms with Crippen molar-refractivity contribution in [3.63, 3.8) is 0 Å². The highest BCUT2D eigenvalue weighted by Crippen LogP contribution is 2.27. The van der Waals surface area contributed by atoms with Crippen molar-refractivity contribution in [1.82, 2.24) is 9.97 Å². The third-order valence-electron chi connectivity index (χ3n) is 4.42. The molecule has 2 heterocycles. The number of methoxy groups -OCH3 is 1. The molecule has 0 aliphatic heterocycles. The molecule has 0 unspecified atom stereocenters. The first-order valence-corrected chi connectivity index (χ1v) is 9.71. The first-order chi connectivity index (χ1) is 14.1. The summed E-state index contributed by atoms with van der Waals surface area (Å²) in [5.41, 5.74) is 3.36. The van der Waals surface area contributed by atoms with Crippen LogP contribution >= 0.6 is 11.3 Å². The summed E-state index contributed by atoms with van der Waals surface area (Å²) >= 11 is 1.09. The van der Waals surface area contributed by atoms with E-state index in [1.807, 2.05) is 54.6 Å². The molecule has 1 N–H and O–H groups in total. The second kappa shape index (κ2) is 7.81. The number of para-hydroxylation sites is 1. The predicted octanol–water partition coefficient (Wildman–Crippen LogP) is 4.71. The van der Waals surface area contributed by atoms with Crippen molar-refractivity contribution in [2.24, 2.45) is 0 Å². The number of nitrogens with zero attached hydrogens (tertiary/aromatic N) is 2. The van der Waals surface area contributed by atoms with Crippen molar-refractivity contribution in [2.75, 3.05) is 12.4 Å². The second-order valence-corrected chi connectivity index (χ2v) is 7.32. The van der Waals surface area contributed by atoms with Gasteiger partial charge < -0.3 is 4.74 Å². The van der Waals surface area contributed by atoms with Crippen molar-refractivity contribution >= 4 is 39.2 Å². The van der Waals surface area contributed by atoms with Gasteiger partial charge in [0.2, 0.25) is 0 Å². The molecule has 0 aliphatic carbocycles. The van der Waals surface area contributed by atoms with Gasteiger partial charge in [-0.15, -0.1) is 0 Å². The number of hydrogen-bond acceptors (Lipinski definition) is 6. The number of fused-ring (bicyclic) bond motifs is 1. The van der Waals surface area contributed by atoms with Crippen LogP contribution in [-0.4, -0.2) is 29.0 Å². The van der Waals surface area contributed by atoms with Crippen LogP contribution in [0.5, 0.6) is 0 Å². The molecule has 4 aromatic rings. The SMILES string of the molecule is COC(=O)c1sc(NC(=O)c2cc(-c3ccccc3)nc3ccccc23)nc1C. The van der Waals surface area contributed by atoms with Crippen LogP contribution in [-0.2, 0) is 4.74 Å². The zero-order valence-corrected chi connectivity index (χ0v) is 16.6. The van der Waals surface area contributed by atoms with E-state index in [0.29, 0.717) is 27.0 Å². The fraction of sp³-hybridized carbons (Fsp3) is 0.0909. The first kappa shape index (κ1) is 18.8. The lowest BCUT2D eigenvalue weighted by atomic mass is 10.0. The third-order valence-corrected chi connectivity index (χ3v) is 5.47. The highest BCUT2D eigenvalue weighted by Gasteiger charge is 2.19. The summed E-state index contributed by atoms with van der Waals surface area (Å²) < 4.78 is 4.75. The lowest BCUT2D eigenvalue weighted by molar-refractivity contribution is 0.0605. The van der Waals surface area contributed by atoms with Gasteiger partial charge in [-0.2, -0.15) is 0 Å². The Bertz CT molecular complexity index is 1220. The first-order valence-electron chi connectivity index (χ1n) is 8.89. The third kappa shape index (κ3) is 3.72. The summed E-state index contributed by atoms with van der Waals surface area (Å²) in [4.78, 5) is 34.2. The number of carbonyl (C=O) groups excluding carboxylic acids is 2. The summed E-state index contributed by atoms with van der Waals surface area (Å²) in [6, 6.07) is 19.0. The van der Waals surface area contributed by atoms with Gasteiger partial charge in [-0.3, -0.25) is 10.1 Å². The molecule has 0 spiro atoms. The topological polar surface area (TPSA) is 81.2 Å². The van der Waals surface area contributed by atoms with Gasteiger partial charge in [-0.1, -0.05) is 59.9 Å². The summed E-state index contributed by atoms with van der Waals surface area (Å²) in [5.74, 6) is -0.785. The van der Waals surface area contributed by atoms with Crippen LogP contribution in [0.15, 0.2) is 60.7 Å². The van der Waals surface area contributed by atoms with Gasteiger partial charge >= 0.3 is 5.97 Å². The highest BCUT2D eigenvalue weighted by atomic mass is 32.1. The van der Waals surface area contributed by atoms with Gasteiger partial charge in [0, 0.05) is 10.9 Å². The maximum absolute atomic E-state index is 13.1. The molecule has 6 nitrogen and oxygen atoms in total. The molecule has 0 bridgehead atoms. The van der Waals surface area contributed by atoms with Crippen molar-refractivity contribution in [2.45, 2.75) is 6.92 Å². The molecule has 2 aromatic heterocycles. The van der Waals surface area contributed by atoms with Crippen molar-refractivity contribution in [1.29, 1.82) is 0 Å². The van der Waals surface area contributed by atoms with Crippen LogP contribution in [0.2, 0.25) is 0 Å². The Hall–Kier alpha value is -3.58. The maximum atomic E-state index is 13.1. The van der Waals surface area contributed by atoms with E-state index in [1.54, 1.807) is 13.0 Å². The fourth-order valence-electron chi connectivity index (χ4n) is 3.02. The monoisotopic (exact) mass is 403 g/mol. The summed E-state index contributed by atoms with van der Waals surface area (Å²) in [6.07, 6.45) is 0. The standard InChI is InChI=1S/C22H17N3O3S/c1-13-19(21(27)28-2)29-22(23-13)25-20(26)16-12-18(14-8-4-3-5-9-14)24-17-11-7-6-10-15(16)17/h3-12H,1-2H3,(H,23,25,26). The largest absolute Gasteiger partial charge is 0.465 e. The summed E-state index contributed by atoms with van der Waals surface area (Å²) in [5, 5.41) is 3.89. The van der Waals surface area contributed by atoms with E-state index in [0.717, 1.165) is 27.8 Å². The number of anilines is 1. The highest BCUT2D eigenvalue weighted by molar-refractivity contribution is 7.17. The molecule has 0 fully saturated rings. The number of hydrogen-bond donors (Lipinski definition) is 1. The van der Waals surface area contributed by atoms with E-state index in [-0.39, 0.29) is 5.91 Å². The van der Waals surface area contributed by atoms with Crippen LogP contribution in [0.3, 0.4) is 0 Å². The lowest BCUT2D eigenvalue weighted by Crippen LogP contribution is -2.13. The van der Waals surface area contributed by atoms with Gasteiger partial charge in [-0.25, -0.2) is 14.8 Å². The molecular formula is C22H17N3O3S. The Morgan fingerprint density at radius 2 is 1.72 bits per heavy atom. The van der Waals surface area contributed by atoms with Crippen LogP contribution in [0.25, 0.3) is 22.2 Å². The molecule has 0 atom stereocenters. The number of esters is 1. The Kier molecular flexibility index (Phi) is 5.05. The van der Waals surface area contributed by atoms with E-state index in [1.165, 1.54) is 7.11 Å². The normalized spacial score (nSPS) is 10.7. The summed E-state index contributed by atoms with van der Waals surface area (Å²) in [7, 11) is 1.31. The van der Waals surface area contributed by atoms with E-state index < -0.39 is 5.97 Å². The van der Waals surface area contributed by atoms with Crippen LogP contribution < -0.4 is 5.32 Å². The Balaban J connectivity index is 1.75. The zero-order valence-electron chi connectivity index (χ0n) is 15.8. The number of nitrogens with one attached hydrogen (secondary N) is 1. The van der Waals surface area contributed by atoms with Gasteiger partial charge in [-0.05, 0) is 19.1 Å². The minimum absolute atomic E-state index is 0.314. The molecule has 144 valence electrons. The van der Waals surface area contributed by atoms with Gasteiger partial charge in [0.25, 0.3) is 5.91 Å². The number of benzene rings is 2. The van der Waals surface area contributed by atoms with Crippen LogP contribution in [0.1, 0.15) is 25.7 Å². The molecule has 2 aromatic carbocycles. The van der Waals surface area contributed by atoms with E-state index in [4.69, 9.17) is 9.72 Å². The summed E-state index contributed by atoms with van der Waals surface area (Å²) in [6.45, 7) is 1.70. The lowest BCUT2D eigenvalue weighted by Gasteiger charge is -2.09. The van der Waals surface area contributed by atoms with Gasteiger partial charge in [0.1, 0.15) is 4.88 Å². The maximum Gasteiger partial charge on any atom is 0.350 e. The number of amides is 1. The van der Waals surface area contributed by atoms with Gasteiger partial charge in [0.05, 0.1) is 29.6 Å². The number of rotatable bonds is 4. The minimum Gasteiger partial charge on any atom is -0.465 e. The molecule has 0 aliphatic rings. The predicted molar refractivity (Wildman–Crippen MR) is 113 cm³/mol. The molecular weight excluding hydrogens is 386 g/mol. The fourth-order valence-corrected chi connectivity index (χ4v) is 3.90. The molecule has 0 saturated heterocycles. The van der Waals surface area contributed by atoms with E-state index in [9.17, 15) is 9.59 Å². The molecule has 29 heavy (non-hydrogen) atoms. The number of carbonyl (C=O) groups is 2. The molecule has 7 heteroatoms. The number of ether oxygens (including phenoxy) is 1. The van der Waals surface area contributed by atoms with Crippen LogP contribution in [0, 0.1) is 6.92 Å². The number of pyridine rings is 1. The smallest absolute Gasteiger partial charge is 0.350 e. The van der Waals surface area contributed by atoms with Crippen molar-refractivity contribution < 1.29 is 14.3 Å². The van der Waals surface area contributed by atoms with E-state index in [2.05, 4.69) is 10.3 Å². The minimum atomic E-state index is -0.471. The number of aromatic nitrogens is 2. The molecule has 1 amide bonds. The van der Waals surface area contributed by atoms with E-state index >= 15 is 0 Å². The molecule has 4 rings (SSSR count). The number of thiazole rings is 1. The molecule has 0 radical (unpaired) electrons. The van der Waals surface area contributed by atoms with Gasteiger partial charge in [0.15, 0.2) is 5.13 Å². The quantitative estimate of drug-likeness (QED) is 0.499. The second-order valence-electron chi connectivity index (χ2n) is 6.32. The Labute approximate surface area is 171 Å². The van der Waals surface area contributed by atoms with Crippen molar-refractivity contribution in [3.05, 3.63) is 76.8 Å². The van der Waals surface area contributed by atoms with Crippen LogP contribution in [0.4, 0.5) is 5.13 Å². The van der Waals surface area contributed by atoms with Crippen molar-refractivity contribution in [3.8, 4) is 11.3 Å². The Morgan fingerprint density at radius 3 is 2.48 bits per heavy atom.